The van der Waals surface area contributed by atoms with Crippen LogP contribution in [0.4, 0.5) is 4.39 Å². The van der Waals surface area contributed by atoms with Gasteiger partial charge in [-0.15, -0.1) is 0 Å². The lowest BCUT2D eigenvalue weighted by Crippen LogP contribution is -2.32. The average molecular weight is 299 g/mol. The second kappa shape index (κ2) is 6.18. The normalized spacial score (nSPS) is 13.7. The van der Waals surface area contributed by atoms with E-state index >= 15 is 0 Å². The molecule has 1 amide bonds. The first-order valence-corrected chi connectivity index (χ1v) is 7.37. The Balaban J connectivity index is 1.77. The van der Waals surface area contributed by atoms with Crippen LogP contribution in [0.3, 0.4) is 0 Å². The molecule has 1 aliphatic rings. The standard InChI is InChI=1S/C18H18FNO2/c1-22-17-10-4-14(5-11-17)18(21)20(16-8-9-16)12-13-2-6-15(19)7-3-13/h2-7,10-11,16H,8-9,12H2,1H3. The minimum atomic E-state index is -0.261. The Morgan fingerprint density at radius 1 is 1.14 bits per heavy atom. The number of amides is 1. The lowest BCUT2D eigenvalue weighted by molar-refractivity contribution is 0.0730. The fraction of sp³-hybridized carbons (Fsp3) is 0.278. The molecule has 0 N–H and O–H groups in total. The summed E-state index contributed by atoms with van der Waals surface area (Å²) in [5.74, 6) is 0.478. The van der Waals surface area contributed by atoms with Crippen molar-refractivity contribution < 1.29 is 13.9 Å². The van der Waals surface area contributed by atoms with Gasteiger partial charge < -0.3 is 9.64 Å². The van der Waals surface area contributed by atoms with Crippen molar-refractivity contribution in [2.45, 2.75) is 25.4 Å². The number of rotatable bonds is 5. The molecule has 0 heterocycles. The van der Waals surface area contributed by atoms with E-state index in [0.717, 1.165) is 24.2 Å². The summed E-state index contributed by atoms with van der Waals surface area (Å²) in [4.78, 5) is 14.6. The number of methoxy groups -OCH3 is 1. The Hall–Kier alpha value is -2.36. The van der Waals surface area contributed by atoms with Crippen LogP contribution in [0.25, 0.3) is 0 Å². The first kappa shape index (κ1) is 14.6. The maximum Gasteiger partial charge on any atom is 0.254 e. The summed E-state index contributed by atoms with van der Waals surface area (Å²) in [6.45, 7) is 0.510. The first-order valence-electron chi connectivity index (χ1n) is 7.37. The highest BCUT2D eigenvalue weighted by Crippen LogP contribution is 2.30. The molecular weight excluding hydrogens is 281 g/mol. The Morgan fingerprint density at radius 2 is 1.77 bits per heavy atom. The van der Waals surface area contributed by atoms with E-state index in [2.05, 4.69) is 0 Å². The van der Waals surface area contributed by atoms with Crippen molar-refractivity contribution in [1.82, 2.24) is 4.90 Å². The predicted octanol–water partition coefficient (Wildman–Crippen LogP) is 3.64. The molecule has 0 bridgehead atoms. The molecule has 3 rings (SSSR count). The fourth-order valence-corrected chi connectivity index (χ4v) is 2.44. The van der Waals surface area contributed by atoms with Crippen molar-refractivity contribution in [2.24, 2.45) is 0 Å². The molecule has 1 saturated carbocycles. The van der Waals surface area contributed by atoms with Gasteiger partial charge in [-0.05, 0) is 54.8 Å². The minimum absolute atomic E-state index is 0.00878. The van der Waals surface area contributed by atoms with Gasteiger partial charge in [-0.1, -0.05) is 12.1 Å². The van der Waals surface area contributed by atoms with E-state index in [1.54, 1.807) is 43.5 Å². The van der Waals surface area contributed by atoms with Gasteiger partial charge in [0.1, 0.15) is 11.6 Å². The summed E-state index contributed by atoms with van der Waals surface area (Å²) in [6, 6.07) is 13.7. The van der Waals surface area contributed by atoms with Gasteiger partial charge in [-0.25, -0.2) is 4.39 Å². The van der Waals surface area contributed by atoms with E-state index in [0.29, 0.717) is 18.2 Å². The van der Waals surface area contributed by atoms with Crippen LogP contribution in [0.1, 0.15) is 28.8 Å². The molecule has 0 saturated heterocycles. The van der Waals surface area contributed by atoms with E-state index in [4.69, 9.17) is 4.74 Å². The second-order valence-corrected chi connectivity index (χ2v) is 5.52. The summed E-state index contributed by atoms with van der Waals surface area (Å²) >= 11 is 0. The van der Waals surface area contributed by atoms with Crippen molar-refractivity contribution in [3.05, 3.63) is 65.5 Å². The molecule has 22 heavy (non-hydrogen) atoms. The fourth-order valence-electron chi connectivity index (χ4n) is 2.44. The molecule has 2 aromatic rings. The molecule has 2 aromatic carbocycles. The summed E-state index contributed by atoms with van der Waals surface area (Å²) < 4.78 is 18.1. The zero-order valence-corrected chi connectivity index (χ0v) is 12.5. The Morgan fingerprint density at radius 3 is 2.32 bits per heavy atom. The zero-order chi connectivity index (χ0) is 15.5. The highest BCUT2D eigenvalue weighted by Gasteiger charge is 2.33. The second-order valence-electron chi connectivity index (χ2n) is 5.52. The number of halogens is 1. The van der Waals surface area contributed by atoms with Crippen LogP contribution in [-0.2, 0) is 6.54 Å². The number of ether oxygens (including phenoxy) is 1. The minimum Gasteiger partial charge on any atom is -0.497 e. The molecule has 0 aromatic heterocycles. The molecule has 114 valence electrons. The molecule has 3 nitrogen and oxygen atoms in total. The predicted molar refractivity (Wildman–Crippen MR) is 82.3 cm³/mol. The molecule has 1 aliphatic carbocycles. The zero-order valence-electron chi connectivity index (χ0n) is 12.5. The van der Waals surface area contributed by atoms with Gasteiger partial charge in [0.25, 0.3) is 5.91 Å². The summed E-state index contributed by atoms with van der Waals surface area (Å²) in [5, 5.41) is 0. The van der Waals surface area contributed by atoms with Gasteiger partial charge in [0.2, 0.25) is 0 Å². The lowest BCUT2D eigenvalue weighted by Gasteiger charge is -2.23. The number of benzene rings is 2. The first-order chi connectivity index (χ1) is 10.7. The van der Waals surface area contributed by atoms with Crippen molar-refractivity contribution >= 4 is 5.91 Å². The van der Waals surface area contributed by atoms with Crippen LogP contribution >= 0.6 is 0 Å². The maximum absolute atomic E-state index is 13.0. The Kier molecular flexibility index (Phi) is 4.09. The monoisotopic (exact) mass is 299 g/mol. The highest BCUT2D eigenvalue weighted by molar-refractivity contribution is 5.94. The molecule has 4 heteroatoms. The molecule has 0 atom stereocenters. The molecule has 1 fully saturated rings. The van der Waals surface area contributed by atoms with Crippen LogP contribution in [0.2, 0.25) is 0 Å². The summed E-state index contributed by atoms with van der Waals surface area (Å²) in [6.07, 6.45) is 2.06. The largest absolute Gasteiger partial charge is 0.497 e. The van der Waals surface area contributed by atoms with Gasteiger partial charge >= 0.3 is 0 Å². The van der Waals surface area contributed by atoms with Gasteiger partial charge in [-0.3, -0.25) is 4.79 Å². The number of carbonyl (C=O) groups is 1. The number of carbonyl (C=O) groups excluding carboxylic acids is 1. The molecule has 0 radical (unpaired) electrons. The Bertz CT molecular complexity index is 648. The molecule has 0 spiro atoms. The third kappa shape index (κ3) is 3.27. The van der Waals surface area contributed by atoms with E-state index in [-0.39, 0.29) is 11.7 Å². The van der Waals surface area contributed by atoms with Gasteiger partial charge in [0, 0.05) is 18.2 Å². The van der Waals surface area contributed by atoms with Crippen molar-refractivity contribution in [2.75, 3.05) is 7.11 Å². The van der Waals surface area contributed by atoms with Crippen LogP contribution in [0, 0.1) is 5.82 Å². The topological polar surface area (TPSA) is 29.5 Å². The maximum atomic E-state index is 13.0. The number of hydrogen-bond donors (Lipinski definition) is 0. The van der Waals surface area contributed by atoms with Crippen LogP contribution in [0.15, 0.2) is 48.5 Å². The third-order valence-electron chi connectivity index (χ3n) is 3.85. The highest BCUT2D eigenvalue weighted by atomic mass is 19.1. The molecular formula is C18H18FNO2. The van der Waals surface area contributed by atoms with Gasteiger partial charge in [0.15, 0.2) is 0 Å². The number of hydrogen-bond acceptors (Lipinski definition) is 2. The lowest BCUT2D eigenvalue weighted by atomic mass is 10.1. The van der Waals surface area contributed by atoms with Gasteiger partial charge in [0.05, 0.1) is 7.11 Å². The van der Waals surface area contributed by atoms with Crippen LogP contribution in [-0.4, -0.2) is 24.0 Å². The Labute approximate surface area is 129 Å². The van der Waals surface area contributed by atoms with Gasteiger partial charge in [-0.2, -0.15) is 0 Å². The van der Waals surface area contributed by atoms with Crippen molar-refractivity contribution in [3.8, 4) is 5.75 Å². The van der Waals surface area contributed by atoms with Crippen molar-refractivity contribution in [1.29, 1.82) is 0 Å². The van der Waals surface area contributed by atoms with Crippen molar-refractivity contribution in [3.63, 3.8) is 0 Å². The third-order valence-corrected chi connectivity index (χ3v) is 3.85. The molecule has 0 unspecified atom stereocenters. The van der Waals surface area contributed by atoms with E-state index < -0.39 is 0 Å². The van der Waals surface area contributed by atoms with Crippen LogP contribution in [0.5, 0.6) is 5.75 Å². The van der Waals surface area contributed by atoms with E-state index in [1.165, 1.54) is 12.1 Å². The quantitative estimate of drug-likeness (QED) is 0.843. The van der Waals surface area contributed by atoms with E-state index in [9.17, 15) is 9.18 Å². The average Bonchev–Trinajstić information content (AvgIpc) is 3.38. The summed E-state index contributed by atoms with van der Waals surface area (Å²) in [7, 11) is 1.60. The number of nitrogens with zero attached hydrogens (tertiary/aromatic N) is 1. The summed E-state index contributed by atoms with van der Waals surface area (Å²) in [5.41, 5.74) is 1.59. The smallest absolute Gasteiger partial charge is 0.254 e. The van der Waals surface area contributed by atoms with Crippen LogP contribution < -0.4 is 4.74 Å². The SMILES string of the molecule is COc1ccc(C(=O)N(Cc2ccc(F)cc2)C2CC2)cc1. The van der Waals surface area contributed by atoms with E-state index in [1.807, 2.05) is 4.90 Å². The molecule has 0 aliphatic heterocycles.